The minimum Gasteiger partial charge on any atom is -0.296 e. The molecular formula is C13H15ClN4OS. The molecule has 0 saturated carbocycles. The summed E-state index contributed by atoms with van der Waals surface area (Å²) in [5.41, 5.74) is 0.442. The molecule has 2 aromatic rings. The number of pyridine rings is 1. The van der Waals surface area contributed by atoms with Gasteiger partial charge in [0.25, 0.3) is 5.91 Å². The molecule has 0 atom stereocenters. The van der Waals surface area contributed by atoms with E-state index in [1.807, 2.05) is 0 Å². The van der Waals surface area contributed by atoms with Crippen LogP contribution in [0.15, 0.2) is 18.3 Å². The maximum atomic E-state index is 11.9. The second kappa shape index (κ2) is 7.31. The molecule has 0 saturated heterocycles. The van der Waals surface area contributed by atoms with Crippen LogP contribution in [0.3, 0.4) is 0 Å². The topological polar surface area (TPSA) is 67.8 Å². The molecule has 5 nitrogen and oxygen atoms in total. The molecule has 7 heteroatoms. The van der Waals surface area contributed by atoms with Gasteiger partial charge in [0.15, 0.2) is 0 Å². The second-order valence-corrected chi connectivity index (χ2v) is 5.73. The smallest absolute Gasteiger partial charge is 0.259 e. The van der Waals surface area contributed by atoms with Crippen LogP contribution in [0.2, 0.25) is 5.15 Å². The molecule has 2 heterocycles. The van der Waals surface area contributed by atoms with E-state index < -0.39 is 0 Å². The van der Waals surface area contributed by atoms with Crippen molar-refractivity contribution in [3.63, 3.8) is 0 Å². The first kappa shape index (κ1) is 14.9. The summed E-state index contributed by atoms with van der Waals surface area (Å²) in [5.74, 6) is -0.259. The van der Waals surface area contributed by atoms with E-state index in [1.165, 1.54) is 30.4 Å². The summed E-state index contributed by atoms with van der Waals surface area (Å²) in [4.78, 5) is 15.8. The zero-order chi connectivity index (χ0) is 14.4. The molecule has 20 heavy (non-hydrogen) atoms. The number of carbonyl (C=O) groups is 1. The van der Waals surface area contributed by atoms with Crippen LogP contribution < -0.4 is 5.32 Å². The fraction of sp³-hybridized carbons (Fsp3) is 0.385. The Balaban J connectivity index is 1.92. The number of unbranched alkanes of at least 4 members (excludes halogenated alkanes) is 2. The van der Waals surface area contributed by atoms with Gasteiger partial charge < -0.3 is 0 Å². The van der Waals surface area contributed by atoms with E-state index >= 15 is 0 Å². The molecule has 2 rings (SSSR count). The molecule has 0 fully saturated rings. The number of nitrogens with zero attached hydrogens (tertiary/aromatic N) is 3. The first-order valence-electron chi connectivity index (χ1n) is 6.44. The highest BCUT2D eigenvalue weighted by atomic mass is 35.5. The molecular weight excluding hydrogens is 296 g/mol. The first-order chi connectivity index (χ1) is 9.69. The zero-order valence-electron chi connectivity index (χ0n) is 11.1. The van der Waals surface area contributed by atoms with Crippen molar-refractivity contribution in [3.8, 4) is 0 Å². The Labute approximate surface area is 126 Å². The molecule has 0 bridgehead atoms. The van der Waals surface area contributed by atoms with Crippen molar-refractivity contribution in [2.24, 2.45) is 0 Å². The lowest BCUT2D eigenvalue weighted by molar-refractivity contribution is 0.102. The molecule has 1 amide bonds. The number of amides is 1. The third-order valence-electron chi connectivity index (χ3n) is 2.67. The van der Waals surface area contributed by atoms with Crippen molar-refractivity contribution in [2.45, 2.75) is 32.6 Å². The molecule has 0 unspecified atom stereocenters. The fourth-order valence-corrected chi connectivity index (χ4v) is 2.50. The van der Waals surface area contributed by atoms with Gasteiger partial charge in [0.1, 0.15) is 10.2 Å². The van der Waals surface area contributed by atoms with Crippen LogP contribution in [-0.2, 0) is 6.42 Å². The van der Waals surface area contributed by atoms with Crippen molar-refractivity contribution in [1.82, 2.24) is 15.2 Å². The van der Waals surface area contributed by atoms with Gasteiger partial charge in [-0.05, 0) is 18.6 Å². The van der Waals surface area contributed by atoms with Crippen molar-refractivity contribution >= 4 is 34.0 Å². The number of hydrogen-bond acceptors (Lipinski definition) is 5. The molecule has 0 aliphatic rings. The third kappa shape index (κ3) is 4.25. The monoisotopic (exact) mass is 310 g/mol. The van der Waals surface area contributed by atoms with Crippen LogP contribution >= 0.6 is 22.9 Å². The third-order valence-corrected chi connectivity index (χ3v) is 3.79. The Morgan fingerprint density at radius 1 is 1.35 bits per heavy atom. The van der Waals surface area contributed by atoms with Gasteiger partial charge in [-0.25, -0.2) is 4.98 Å². The molecule has 0 aliphatic carbocycles. The number of rotatable bonds is 6. The Hall–Kier alpha value is -1.53. The molecule has 2 aromatic heterocycles. The van der Waals surface area contributed by atoms with Crippen LogP contribution in [0.5, 0.6) is 0 Å². The second-order valence-electron chi connectivity index (χ2n) is 4.28. The van der Waals surface area contributed by atoms with Gasteiger partial charge in [0, 0.05) is 12.6 Å². The Bertz CT molecular complexity index is 570. The summed E-state index contributed by atoms with van der Waals surface area (Å²) < 4.78 is 0. The minimum absolute atomic E-state index is 0.259. The summed E-state index contributed by atoms with van der Waals surface area (Å²) >= 11 is 7.09. The van der Waals surface area contributed by atoms with Crippen LogP contribution in [0.1, 0.15) is 41.6 Å². The van der Waals surface area contributed by atoms with E-state index in [0.29, 0.717) is 15.8 Å². The summed E-state index contributed by atoms with van der Waals surface area (Å²) in [5, 5.41) is 12.6. The number of aromatic nitrogens is 3. The van der Waals surface area contributed by atoms with Gasteiger partial charge >= 0.3 is 0 Å². The van der Waals surface area contributed by atoms with Crippen molar-refractivity contribution in [1.29, 1.82) is 0 Å². The highest BCUT2D eigenvalue weighted by molar-refractivity contribution is 7.15. The van der Waals surface area contributed by atoms with Gasteiger partial charge in [-0.2, -0.15) is 0 Å². The number of aryl methyl sites for hydroxylation is 1. The summed E-state index contributed by atoms with van der Waals surface area (Å²) in [6.07, 6.45) is 5.79. The van der Waals surface area contributed by atoms with Crippen LogP contribution in [0.25, 0.3) is 0 Å². The Kier molecular flexibility index (Phi) is 5.43. The highest BCUT2D eigenvalue weighted by Gasteiger charge is 2.10. The summed E-state index contributed by atoms with van der Waals surface area (Å²) in [7, 11) is 0. The maximum Gasteiger partial charge on any atom is 0.259 e. The Morgan fingerprint density at radius 3 is 2.90 bits per heavy atom. The molecule has 0 radical (unpaired) electrons. The van der Waals surface area contributed by atoms with E-state index in [-0.39, 0.29) is 5.91 Å². The first-order valence-corrected chi connectivity index (χ1v) is 7.63. The van der Waals surface area contributed by atoms with E-state index in [4.69, 9.17) is 11.6 Å². The molecule has 0 aliphatic heterocycles. The van der Waals surface area contributed by atoms with Crippen molar-refractivity contribution in [3.05, 3.63) is 34.1 Å². The number of nitrogens with one attached hydrogen (secondary N) is 1. The van der Waals surface area contributed by atoms with E-state index in [0.717, 1.165) is 17.8 Å². The van der Waals surface area contributed by atoms with Gasteiger partial charge in [-0.15, -0.1) is 10.2 Å². The van der Waals surface area contributed by atoms with Crippen molar-refractivity contribution < 1.29 is 4.79 Å². The predicted molar refractivity (Wildman–Crippen MR) is 80.3 cm³/mol. The van der Waals surface area contributed by atoms with Gasteiger partial charge in [0.2, 0.25) is 5.13 Å². The van der Waals surface area contributed by atoms with E-state index in [9.17, 15) is 4.79 Å². The van der Waals surface area contributed by atoms with Gasteiger partial charge in [-0.1, -0.05) is 42.7 Å². The highest BCUT2D eigenvalue weighted by Crippen LogP contribution is 2.18. The zero-order valence-corrected chi connectivity index (χ0v) is 12.7. The number of carbonyl (C=O) groups excluding carboxylic acids is 1. The lowest BCUT2D eigenvalue weighted by atomic mass is 10.2. The summed E-state index contributed by atoms with van der Waals surface area (Å²) in [6.45, 7) is 2.16. The number of anilines is 1. The van der Waals surface area contributed by atoms with Crippen LogP contribution in [0.4, 0.5) is 5.13 Å². The fourth-order valence-electron chi connectivity index (χ4n) is 1.61. The SMILES string of the molecule is CCCCCc1nnc(NC(=O)c2ccc(Cl)nc2)s1. The molecule has 0 spiro atoms. The van der Waals surface area contributed by atoms with Crippen LogP contribution in [-0.4, -0.2) is 21.1 Å². The standard InChI is InChI=1S/C13H15ClN4OS/c1-2-3-4-5-11-17-18-13(20-11)16-12(19)9-6-7-10(14)15-8-9/h6-8H,2-5H2,1H3,(H,16,18,19). The largest absolute Gasteiger partial charge is 0.296 e. The number of hydrogen-bond donors (Lipinski definition) is 1. The maximum absolute atomic E-state index is 11.9. The lowest BCUT2D eigenvalue weighted by Gasteiger charge is -2.00. The van der Waals surface area contributed by atoms with Crippen LogP contribution in [0, 0.1) is 0 Å². The predicted octanol–water partition coefficient (Wildman–Crippen LogP) is 3.57. The minimum atomic E-state index is -0.259. The average Bonchev–Trinajstić information content (AvgIpc) is 2.87. The van der Waals surface area contributed by atoms with Gasteiger partial charge in [0.05, 0.1) is 5.56 Å². The van der Waals surface area contributed by atoms with E-state index in [2.05, 4.69) is 27.4 Å². The molecule has 0 aromatic carbocycles. The van der Waals surface area contributed by atoms with E-state index in [1.54, 1.807) is 12.1 Å². The summed E-state index contributed by atoms with van der Waals surface area (Å²) in [6, 6.07) is 3.20. The lowest BCUT2D eigenvalue weighted by Crippen LogP contribution is -2.11. The molecule has 1 N–H and O–H groups in total. The number of halogens is 1. The Morgan fingerprint density at radius 2 is 2.20 bits per heavy atom. The quantitative estimate of drug-likeness (QED) is 0.654. The molecule has 106 valence electrons. The average molecular weight is 311 g/mol. The van der Waals surface area contributed by atoms with Gasteiger partial charge in [-0.3, -0.25) is 10.1 Å². The van der Waals surface area contributed by atoms with Crippen molar-refractivity contribution in [2.75, 3.05) is 5.32 Å². The normalized spacial score (nSPS) is 10.5.